The fraction of sp³-hybridized carbons (Fsp3) is 0.292. The molecule has 1 aliphatic rings. The molecule has 0 aliphatic carbocycles. The highest BCUT2D eigenvalue weighted by Gasteiger charge is 2.35. The highest BCUT2D eigenvalue weighted by molar-refractivity contribution is 5.92. The van der Waals surface area contributed by atoms with Crippen LogP contribution in [-0.2, 0) is 16.1 Å². The summed E-state index contributed by atoms with van der Waals surface area (Å²) in [5, 5.41) is 7.63. The molecular formula is C24H25FN4O4. The number of methoxy groups -OCH3 is 1. The quantitative estimate of drug-likeness (QED) is 0.539. The molecule has 1 aromatic heterocycles. The molecule has 1 atom stereocenters. The molecule has 2 heterocycles. The van der Waals surface area contributed by atoms with Gasteiger partial charge in [0.2, 0.25) is 5.95 Å². The number of carbonyl (C=O) groups excluding carboxylic acids is 1. The molecule has 172 valence electrons. The summed E-state index contributed by atoms with van der Waals surface area (Å²) in [5.41, 5.74) is 2.67. The maximum absolute atomic E-state index is 13.1. The predicted octanol–water partition coefficient (Wildman–Crippen LogP) is 4.17. The number of nitrogens with one attached hydrogen (secondary N) is 1. The predicted molar refractivity (Wildman–Crippen MR) is 120 cm³/mol. The van der Waals surface area contributed by atoms with Gasteiger partial charge in [0.05, 0.1) is 19.3 Å². The van der Waals surface area contributed by atoms with Gasteiger partial charge in [0.25, 0.3) is 0 Å². The van der Waals surface area contributed by atoms with Crippen LogP contribution in [0.25, 0.3) is 0 Å². The lowest BCUT2D eigenvalue weighted by atomic mass is 9.95. The van der Waals surface area contributed by atoms with Crippen LogP contribution in [0.15, 0.2) is 53.7 Å². The molecule has 4 rings (SSSR count). The number of hydrogen-bond acceptors (Lipinski definition) is 7. The van der Waals surface area contributed by atoms with Crippen LogP contribution in [0.2, 0.25) is 0 Å². The average Bonchev–Trinajstić information content (AvgIpc) is 3.17. The smallest absolute Gasteiger partial charge is 0.338 e. The summed E-state index contributed by atoms with van der Waals surface area (Å²) < 4.78 is 31.6. The summed E-state index contributed by atoms with van der Waals surface area (Å²) in [6.45, 7) is 5.87. The fourth-order valence-corrected chi connectivity index (χ4v) is 3.75. The average molecular weight is 452 g/mol. The number of aryl methyl sites for hydroxylation is 1. The first-order chi connectivity index (χ1) is 15.9. The highest BCUT2D eigenvalue weighted by atomic mass is 19.1. The lowest BCUT2D eigenvalue weighted by molar-refractivity contribution is -0.139. The van der Waals surface area contributed by atoms with Crippen molar-refractivity contribution >= 4 is 11.9 Å². The van der Waals surface area contributed by atoms with Crippen LogP contribution < -0.4 is 14.8 Å². The number of rotatable bonds is 7. The van der Waals surface area contributed by atoms with Crippen LogP contribution in [0.5, 0.6) is 11.5 Å². The number of ether oxygens (including phenoxy) is 3. The van der Waals surface area contributed by atoms with Gasteiger partial charge in [-0.1, -0.05) is 18.2 Å². The summed E-state index contributed by atoms with van der Waals surface area (Å²) in [7, 11) is 1.55. The Bertz CT molecular complexity index is 1200. The van der Waals surface area contributed by atoms with Gasteiger partial charge in [-0.25, -0.2) is 13.9 Å². The SMILES string of the molecule is CCOC(=O)C1=C(C)Nc2nc(C)nn2[C@@H]1c1ccc(OCc2ccc(F)cc2)c(OC)c1. The Hall–Kier alpha value is -3.88. The van der Waals surface area contributed by atoms with E-state index in [9.17, 15) is 9.18 Å². The Kier molecular flexibility index (Phi) is 6.30. The molecule has 1 aliphatic heterocycles. The van der Waals surface area contributed by atoms with Crippen LogP contribution in [0.3, 0.4) is 0 Å². The second kappa shape index (κ2) is 9.32. The van der Waals surface area contributed by atoms with Gasteiger partial charge in [-0.3, -0.25) is 0 Å². The molecular weight excluding hydrogens is 427 g/mol. The number of carbonyl (C=O) groups is 1. The maximum Gasteiger partial charge on any atom is 0.338 e. The molecule has 1 N–H and O–H groups in total. The first kappa shape index (κ1) is 22.3. The van der Waals surface area contributed by atoms with E-state index in [0.29, 0.717) is 34.5 Å². The third-order valence-corrected chi connectivity index (χ3v) is 5.26. The molecule has 9 heteroatoms. The molecule has 3 aromatic rings. The third-order valence-electron chi connectivity index (χ3n) is 5.26. The van der Waals surface area contributed by atoms with Crippen molar-refractivity contribution in [2.75, 3.05) is 19.0 Å². The van der Waals surface area contributed by atoms with E-state index < -0.39 is 12.0 Å². The molecule has 0 unspecified atom stereocenters. The van der Waals surface area contributed by atoms with Crippen molar-refractivity contribution in [1.29, 1.82) is 0 Å². The van der Waals surface area contributed by atoms with Gasteiger partial charge < -0.3 is 19.5 Å². The van der Waals surface area contributed by atoms with Gasteiger partial charge in [0, 0.05) is 5.70 Å². The van der Waals surface area contributed by atoms with E-state index in [1.807, 2.05) is 19.1 Å². The number of benzene rings is 2. The van der Waals surface area contributed by atoms with Crippen molar-refractivity contribution < 1.29 is 23.4 Å². The largest absolute Gasteiger partial charge is 0.493 e. The zero-order valence-electron chi connectivity index (χ0n) is 18.9. The summed E-state index contributed by atoms with van der Waals surface area (Å²) >= 11 is 0. The van der Waals surface area contributed by atoms with E-state index in [1.165, 1.54) is 12.1 Å². The standard InChI is InChI=1S/C24H25FN4O4/c1-5-32-23(30)21-14(2)26-24-27-15(3)28-29(24)22(21)17-8-11-19(20(12-17)31-4)33-13-16-6-9-18(25)10-7-16/h6-12,22H,5,13H2,1-4H3,(H,26,27,28)/t22-/m1/s1. The number of esters is 1. The number of hydrogen-bond donors (Lipinski definition) is 1. The van der Waals surface area contributed by atoms with Gasteiger partial charge in [-0.2, -0.15) is 10.1 Å². The third kappa shape index (κ3) is 4.52. The Morgan fingerprint density at radius 1 is 1.15 bits per heavy atom. The van der Waals surface area contributed by atoms with Crippen LogP contribution >= 0.6 is 0 Å². The van der Waals surface area contributed by atoms with E-state index >= 15 is 0 Å². The second-order valence-electron chi connectivity index (χ2n) is 7.54. The number of aromatic nitrogens is 3. The van der Waals surface area contributed by atoms with Crippen molar-refractivity contribution in [2.45, 2.75) is 33.4 Å². The Morgan fingerprint density at radius 3 is 2.61 bits per heavy atom. The normalized spacial score (nSPS) is 15.0. The molecule has 2 aromatic carbocycles. The number of nitrogens with zero attached hydrogens (tertiary/aromatic N) is 3. The molecule has 0 saturated heterocycles. The van der Waals surface area contributed by atoms with Gasteiger partial charge in [-0.15, -0.1) is 0 Å². The van der Waals surface area contributed by atoms with Crippen molar-refractivity contribution in [3.63, 3.8) is 0 Å². The Balaban J connectivity index is 1.69. The molecule has 0 spiro atoms. The van der Waals surface area contributed by atoms with Gasteiger partial charge in [-0.05, 0) is 56.2 Å². The van der Waals surface area contributed by atoms with Crippen LogP contribution in [0.1, 0.15) is 36.8 Å². The van der Waals surface area contributed by atoms with E-state index in [-0.39, 0.29) is 19.0 Å². The van der Waals surface area contributed by atoms with Crippen molar-refractivity contribution in [3.05, 3.63) is 76.5 Å². The van der Waals surface area contributed by atoms with E-state index in [0.717, 1.165) is 11.1 Å². The minimum absolute atomic E-state index is 0.253. The molecule has 0 amide bonds. The molecule has 0 bridgehead atoms. The Morgan fingerprint density at radius 2 is 1.91 bits per heavy atom. The number of fused-ring (bicyclic) bond motifs is 1. The van der Waals surface area contributed by atoms with E-state index in [4.69, 9.17) is 14.2 Å². The topological polar surface area (TPSA) is 87.5 Å². The fourth-order valence-electron chi connectivity index (χ4n) is 3.75. The van der Waals surface area contributed by atoms with Gasteiger partial charge in [0.15, 0.2) is 11.5 Å². The monoisotopic (exact) mass is 452 g/mol. The summed E-state index contributed by atoms with van der Waals surface area (Å²) in [4.78, 5) is 17.3. The van der Waals surface area contributed by atoms with E-state index in [2.05, 4.69) is 15.4 Å². The zero-order valence-corrected chi connectivity index (χ0v) is 18.9. The van der Waals surface area contributed by atoms with E-state index in [1.54, 1.807) is 43.8 Å². The first-order valence-corrected chi connectivity index (χ1v) is 10.5. The number of allylic oxidation sites excluding steroid dienone is 1. The molecule has 33 heavy (non-hydrogen) atoms. The Labute approximate surface area is 191 Å². The lowest BCUT2D eigenvalue weighted by Crippen LogP contribution is -2.29. The minimum Gasteiger partial charge on any atom is -0.493 e. The zero-order chi connectivity index (χ0) is 23.5. The van der Waals surface area contributed by atoms with Crippen LogP contribution in [0.4, 0.5) is 10.3 Å². The van der Waals surface area contributed by atoms with Crippen LogP contribution in [-0.4, -0.2) is 34.5 Å². The summed E-state index contributed by atoms with van der Waals surface area (Å²) in [5.74, 6) is 1.40. The van der Waals surface area contributed by atoms with Crippen molar-refractivity contribution in [1.82, 2.24) is 14.8 Å². The van der Waals surface area contributed by atoms with Crippen LogP contribution in [0, 0.1) is 12.7 Å². The van der Waals surface area contributed by atoms with Crippen molar-refractivity contribution in [2.24, 2.45) is 0 Å². The molecule has 0 fully saturated rings. The summed E-state index contributed by atoms with van der Waals surface area (Å²) in [6.07, 6.45) is 0. The molecule has 8 nitrogen and oxygen atoms in total. The van der Waals surface area contributed by atoms with Gasteiger partial charge >= 0.3 is 5.97 Å². The summed E-state index contributed by atoms with van der Waals surface area (Å²) in [6, 6.07) is 11.0. The second-order valence-corrected chi connectivity index (χ2v) is 7.54. The minimum atomic E-state index is -0.554. The first-order valence-electron chi connectivity index (χ1n) is 10.5. The molecule has 0 radical (unpaired) electrons. The van der Waals surface area contributed by atoms with Crippen molar-refractivity contribution in [3.8, 4) is 11.5 Å². The highest BCUT2D eigenvalue weighted by Crippen LogP contribution is 2.39. The molecule has 0 saturated carbocycles. The van der Waals surface area contributed by atoms with Gasteiger partial charge in [0.1, 0.15) is 24.3 Å². The number of halogens is 1. The maximum atomic E-state index is 13.1. The number of anilines is 1. The lowest BCUT2D eigenvalue weighted by Gasteiger charge is -2.28.